The molecule has 0 amide bonds. The van der Waals surface area contributed by atoms with Gasteiger partial charge in [-0.2, -0.15) is 13.2 Å². The molecule has 1 aromatic heterocycles. The van der Waals surface area contributed by atoms with E-state index in [0.717, 1.165) is 0 Å². The third kappa shape index (κ3) is 4.07. The zero-order valence-electron chi connectivity index (χ0n) is 11.7. The molecule has 1 aromatic rings. The van der Waals surface area contributed by atoms with Crippen molar-refractivity contribution in [2.24, 2.45) is 0 Å². The SMILES string of the molecule is CC1CN(c2ncc(Br)cc2[N+](=O)[O-])CCN1CC(F)(F)F. The molecule has 2 rings (SSSR count). The molecule has 0 saturated carbocycles. The van der Waals surface area contributed by atoms with Gasteiger partial charge in [0.2, 0.25) is 5.82 Å². The van der Waals surface area contributed by atoms with Gasteiger partial charge < -0.3 is 4.90 Å². The fraction of sp³-hybridized carbons (Fsp3) is 0.583. The van der Waals surface area contributed by atoms with Crippen molar-refractivity contribution in [3.8, 4) is 0 Å². The van der Waals surface area contributed by atoms with Crippen LogP contribution in [0.3, 0.4) is 0 Å². The van der Waals surface area contributed by atoms with Gasteiger partial charge in [0.25, 0.3) is 0 Å². The van der Waals surface area contributed by atoms with E-state index in [-0.39, 0.29) is 37.2 Å². The van der Waals surface area contributed by atoms with E-state index in [1.54, 1.807) is 11.8 Å². The summed E-state index contributed by atoms with van der Waals surface area (Å²) in [7, 11) is 0. The van der Waals surface area contributed by atoms with Crippen LogP contribution < -0.4 is 4.90 Å². The van der Waals surface area contributed by atoms with Gasteiger partial charge in [-0.3, -0.25) is 15.0 Å². The van der Waals surface area contributed by atoms with Gasteiger partial charge in [-0.25, -0.2) is 4.98 Å². The normalized spacial score (nSPS) is 20.2. The lowest BCUT2D eigenvalue weighted by Crippen LogP contribution is -2.54. The number of hydrogen-bond acceptors (Lipinski definition) is 5. The van der Waals surface area contributed by atoms with Crippen LogP contribution in [0, 0.1) is 10.1 Å². The van der Waals surface area contributed by atoms with Crippen LogP contribution >= 0.6 is 15.9 Å². The fourth-order valence-electron chi connectivity index (χ4n) is 2.45. The molecule has 10 heteroatoms. The van der Waals surface area contributed by atoms with Crippen molar-refractivity contribution in [1.29, 1.82) is 0 Å². The number of pyridine rings is 1. The Labute approximate surface area is 133 Å². The van der Waals surface area contributed by atoms with Crippen LogP contribution in [0.4, 0.5) is 24.7 Å². The van der Waals surface area contributed by atoms with Crippen molar-refractivity contribution >= 4 is 27.4 Å². The number of halogens is 4. The molecule has 1 fully saturated rings. The highest BCUT2D eigenvalue weighted by molar-refractivity contribution is 9.10. The lowest BCUT2D eigenvalue weighted by atomic mass is 10.2. The second-order valence-corrected chi connectivity index (χ2v) is 6.05. The Morgan fingerprint density at radius 3 is 2.73 bits per heavy atom. The number of rotatable bonds is 3. The summed E-state index contributed by atoms with van der Waals surface area (Å²) in [4.78, 5) is 17.6. The molecular weight excluding hydrogens is 369 g/mol. The van der Waals surface area contributed by atoms with Crippen molar-refractivity contribution < 1.29 is 18.1 Å². The molecule has 0 aromatic carbocycles. The first-order valence-electron chi connectivity index (χ1n) is 6.53. The number of piperazine rings is 1. The maximum atomic E-state index is 12.5. The lowest BCUT2D eigenvalue weighted by molar-refractivity contribution is -0.384. The van der Waals surface area contributed by atoms with Gasteiger partial charge in [-0.15, -0.1) is 0 Å². The summed E-state index contributed by atoms with van der Waals surface area (Å²) in [6.07, 6.45) is -2.81. The van der Waals surface area contributed by atoms with Crippen LogP contribution in [0.15, 0.2) is 16.7 Å². The van der Waals surface area contributed by atoms with Crippen LogP contribution in [0.1, 0.15) is 6.92 Å². The maximum absolute atomic E-state index is 12.5. The van der Waals surface area contributed by atoms with Gasteiger partial charge in [-0.1, -0.05) is 0 Å². The van der Waals surface area contributed by atoms with E-state index in [0.29, 0.717) is 4.47 Å². The van der Waals surface area contributed by atoms with Crippen molar-refractivity contribution in [2.45, 2.75) is 19.1 Å². The third-order valence-electron chi connectivity index (χ3n) is 3.46. The summed E-state index contributed by atoms with van der Waals surface area (Å²) < 4.78 is 37.9. The Morgan fingerprint density at radius 1 is 1.50 bits per heavy atom. The minimum Gasteiger partial charge on any atom is -0.348 e. The molecular formula is C12H14BrF3N4O2. The summed E-state index contributed by atoms with van der Waals surface area (Å²) in [6, 6.07) is 0.968. The largest absolute Gasteiger partial charge is 0.401 e. The quantitative estimate of drug-likeness (QED) is 0.594. The number of aromatic nitrogens is 1. The lowest BCUT2D eigenvalue weighted by Gasteiger charge is -2.40. The second kappa shape index (κ2) is 6.37. The first kappa shape index (κ1) is 16.9. The van der Waals surface area contributed by atoms with E-state index in [9.17, 15) is 23.3 Å². The molecule has 1 saturated heterocycles. The summed E-state index contributed by atoms with van der Waals surface area (Å²) in [5.41, 5.74) is -0.161. The van der Waals surface area contributed by atoms with E-state index in [2.05, 4.69) is 20.9 Å². The smallest absolute Gasteiger partial charge is 0.348 e. The van der Waals surface area contributed by atoms with Gasteiger partial charge in [0, 0.05) is 42.4 Å². The number of nitrogens with zero attached hydrogens (tertiary/aromatic N) is 4. The summed E-state index contributed by atoms with van der Waals surface area (Å²) in [5.74, 6) is 0.187. The third-order valence-corrected chi connectivity index (χ3v) is 3.89. The Bertz CT molecular complexity index is 570. The van der Waals surface area contributed by atoms with Crippen molar-refractivity contribution in [1.82, 2.24) is 9.88 Å². The highest BCUT2D eigenvalue weighted by Crippen LogP contribution is 2.30. The van der Waals surface area contributed by atoms with Crippen LogP contribution in [-0.2, 0) is 0 Å². The topological polar surface area (TPSA) is 62.5 Å². The number of nitro groups is 1. The van der Waals surface area contributed by atoms with Gasteiger partial charge >= 0.3 is 11.9 Å². The van der Waals surface area contributed by atoms with Crippen LogP contribution in [0.25, 0.3) is 0 Å². The molecule has 1 aliphatic rings. The molecule has 6 nitrogen and oxygen atoms in total. The first-order chi connectivity index (χ1) is 10.2. The monoisotopic (exact) mass is 382 g/mol. The Balaban J connectivity index is 2.15. The standard InChI is InChI=1S/C12H14BrF3N4O2/c1-8-6-18(2-3-19(8)7-12(14,15)16)11-10(20(21)22)4-9(13)5-17-11/h4-5,8H,2-3,6-7H2,1H3. The van der Waals surface area contributed by atoms with Crippen LogP contribution in [0.2, 0.25) is 0 Å². The van der Waals surface area contributed by atoms with E-state index >= 15 is 0 Å². The molecule has 0 aliphatic carbocycles. The Kier molecular flexibility index (Phi) is 4.90. The molecule has 0 N–H and O–H groups in total. The zero-order chi connectivity index (χ0) is 16.5. The van der Waals surface area contributed by atoms with E-state index in [4.69, 9.17) is 0 Å². The molecule has 0 radical (unpaired) electrons. The minimum absolute atomic E-state index is 0.161. The fourth-order valence-corrected chi connectivity index (χ4v) is 2.77. The molecule has 0 bridgehead atoms. The Morgan fingerprint density at radius 2 is 2.18 bits per heavy atom. The molecule has 0 spiro atoms. The molecule has 2 heterocycles. The molecule has 1 atom stereocenters. The van der Waals surface area contributed by atoms with Gasteiger partial charge in [-0.05, 0) is 22.9 Å². The van der Waals surface area contributed by atoms with Crippen molar-refractivity contribution in [2.75, 3.05) is 31.1 Å². The minimum atomic E-state index is -4.25. The highest BCUT2D eigenvalue weighted by atomic mass is 79.9. The zero-order valence-corrected chi connectivity index (χ0v) is 13.3. The average Bonchev–Trinajstić information content (AvgIpc) is 2.39. The summed E-state index contributed by atoms with van der Waals surface area (Å²) in [5, 5.41) is 11.1. The predicted molar refractivity (Wildman–Crippen MR) is 77.9 cm³/mol. The average molecular weight is 383 g/mol. The van der Waals surface area contributed by atoms with E-state index < -0.39 is 17.6 Å². The van der Waals surface area contributed by atoms with Crippen LogP contribution in [-0.4, -0.2) is 53.2 Å². The highest BCUT2D eigenvalue weighted by Gasteiger charge is 2.36. The van der Waals surface area contributed by atoms with Gasteiger partial charge in [0.05, 0.1) is 11.5 Å². The molecule has 22 heavy (non-hydrogen) atoms. The number of anilines is 1. The van der Waals surface area contributed by atoms with Gasteiger partial charge in [0.15, 0.2) is 0 Å². The van der Waals surface area contributed by atoms with E-state index in [1.807, 2.05) is 0 Å². The van der Waals surface area contributed by atoms with Crippen LogP contribution in [0.5, 0.6) is 0 Å². The summed E-state index contributed by atoms with van der Waals surface area (Å²) in [6.45, 7) is 1.39. The number of hydrogen-bond donors (Lipinski definition) is 0. The van der Waals surface area contributed by atoms with E-state index in [1.165, 1.54) is 17.2 Å². The summed E-state index contributed by atoms with van der Waals surface area (Å²) >= 11 is 3.12. The van der Waals surface area contributed by atoms with Gasteiger partial charge in [0.1, 0.15) is 0 Å². The van der Waals surface area contributed by atoms with Crippen molar-refractivity contribution in [3.05, 3.63) is 26.9 Å². The maximum Gasteiger partial charge on any atom is 0.401 e. The molecule has 122 valence electrons. The molecule has 1 unspecified atom stereocenters. The molecule has 1 aliphatic heterocycles. The second-order valence-electron chi connectivity index (χ2n) is 5.13. The first-order valence-corrected chi connectivity index (χ1v) is 7.32. The predicted octanol–water partition coefficient (Wildman–Crippen LogP) is 2.83. The number of alkyl halides is 3. The van der Waals surface area contributed by atoms with Crippen molar-refractivity contribution in [3.63, 3.8) is 0 Å². The Hall–Kier alpha value is -1.42.